The molecule has 0 unspecified atom stereocenters. The van der Waals surface area contributed by atoms with Gasteiger partial charge in [-0.3, -0.25) is 38.1 Å². The fourth-order valence-corrected chi connectivity index (χ4v) is 6.40. The Hall–Kier alpha value is -3.86. The van der Waals surface area contributed by atoms with Crippen LogP contribution in [-0.2, 0) is 47.4 Å². The number of aliphatic hydroxyl groups is 1. The molecule has 0 saturated carbocycles. The summed E-state index contributed by atoms with van der Waals surface area (Å²) in [6.45, 7) is 7.15. The van der Waals surface area contributed by atoms with Crippen molar-refractivity contribution >= 4 is 67.8 Å². The zero-order valence-corrected chi connectivity index (χ0v) is 33.1. The highest BCUT2D eigenvalue weighted by Gasteiger charge is 2.43. The van der Waals surface area contributed by atoms with Crippen molar-refractivity contribution in [1.82, 2.24) is 31.5 Å². The number of hydrogen-bond donors (Lipinski definition) is 12. The Kier molecular flexibility index (Phi) is 20.2. The third-order valence-corrected chi connectivity index (χ3v) is 9.20. The number of carbonyl (C=O) groups excluding carboxylic acids is 7. The van der Waals surface area contributed by atoms with E-state index in [-0.39, 0.29) is 43.4 Å². The van der Waals surface area contributed by atoms with Gasteiger partial charge in [0.25, 0.3) is 0 Å². The Morgan fingerprint density at radius 1 is 0.818 bits per heavy atom. The summed E-state index contributed by atoms with van der Waals surface area (Å²) in [5.74, 6) is -8.64. The average molecular weight is 827 g/mol. The number of primary amides is 1. The van der Waals surface area contributed by atoms with E-state index in [4.69, 9.17) is 11.5 Å². The van der Waals surface area contributed by atoms with Gasteiger partial charge in [0.05, 0.1) is 25.2 Å². The number of thiol groups is 1. The van der Waals surface area contributed by atoms with Gasteiger partial charge in [0.1, 0.15) is 36.3 Å². The number of rotatable bonds is 23. The van der Waals surface area contributed by atoms with Gasteiger partial charge in [-0.2, -0.15) is 12.6 Å². The van der Waals surface area contributed by atoms with Crippen LogP contribution in [0.25, 0.3) is 0 Å². The first-order chi connectivity index (χ1) is 25.4. The number of phosphoric ester groups is 1. The molecule has 7 amide bonds. The van der Waals surface area contributed by atoms with Gasteiger partial charge in [0, 0.05) is 12.3 Å². The minimum absolute atomic E-state index is 0.00645. The lowest BCUT2D eigenvalue weighted by Gasteiger charge is -2.32. The van der Waals surface area contributed by atoms with Crippen molar-refractivity contribution in [2.75, 3.05) is 18.9 Å². The van der Waals surface area contributed by atoms with E-state index in [0.717, 1.165) is 11.8 Å². The van der Waals surface area contributed by atoms with Crippen LogP contribution in [0.1, 0.15) is 66.7 Å². The molecule has 1 aliphatic heterocycles. The van der Waals surface area contributed by atoms with E-state index in [1.807, 2.05) is 13.8 Å². The van der Waals surface area contributed by atoms with Crippen molar-refractivity contribution in [3.8, 4) is 0 Å². The summed E-state index contributed by atoms with van der Waals surface area (Å²) in [6, 6.07) is -10.3. The van der Waals surface area contributed by atoms with Crippen LogP contribution in [0.3, 0.4) is 0 Å². The van der Waals surface area contributed by atoms with Crippen molar-refractivity contribution in [2.24, 2.45) is 23.3 Å². The Bertz CT molecular complexity index is 1450. The molecule has 22 nitrogen and oxygen atoms in total. The summed E-state index contributed by atoms with van der Waals surface area (Å²) < 4.78 is 16.4. The van der Waals surface area contributed by atoms with Crippen LogP contribution in [0.15, 0.2) is 0 Å². The van der Waals surface area contributed by atoms with E-state index in [1.165, 1.54) is 0 Å². The van der Waals surface area contributed by atoms with E-state index < -0.39 is 117 Å². The van der Waals surface area contributed by atoms with Crippen LogP contribution in [0.2, 0.25) is 0 Å². The predicted molar refractivity (Wildman–Crippen MR) is 196 cm³/mol. The lowest BCUT2D eigenvalue weighted by atomic mass is 10.0. The number of phosphoric acid groups is 1. The van der Waals surface area contributed by atoms with Crippen molar-refractivity contribution in [1.29, 1.82) is 0 Å². The molecule has 24 heteroatoms. The van der Waals surface area contributed by atoms with Crippen LogP contribution in [0.4, 0.5) is 0 Å². The van der Waals surface area contributed by atoms with E-state index >= 15 is 0 Å². The number of likely N-dealkylation sites (tertiary alicyclic amines) is 1. The summed E-state index contributed by atoms with van der Waals surface area (Å²) in [5.41, 5.74) is 11.0. The fourth-order valence-electron chi connectivity index (χ4n) is 5.59. The van der Waals surface area contributed by atoms with Crippen molar-refractivity contribution in [3.63, 3.8) is 0 Å². The number of nitrogens with two attached hydrogens (primary N) is 2. The van der Waals surface area contributed by atoms with Crippen molar-refractivity contribution < 1.29 is 67.4 Å². The maximum absolute atomic E-state index is 13.8. The highest BCUT2D eigenvalue weighted by atomic mass is 32.1. The number of amides is 7. The SMILES string of the molecule is CC(C)C[C@H](NC(=O)[C@@H](N)CC(C)C)C(=O)N[C@@H](CS)C(=O)N[C@@H](CO)C(=O)N[C@H](C(=O)N1CCC[C@H]1C(=O)N[C@@H](CC(N)=O)C(=O)O)[C@@H](C)OP(=O)(O)O. The molecule has 1 heterocycles. The molecule has 13 N–H and O–H groups in total. The second-order valence-corrected chi connectivity index (χ2v) is 15.5. The zero-order valence-electron chi connectivity index (χ0n) is 31.3. The third-order valence-electron chi connectivity index (χ3n) is 8.23. The molecule has 0 spiro atoms. The van der Waals surface area contributed by atoms with Crippen molar-refractivity contribution in [2.45, 2.75) is 115 Å². The summed E-state index contributed by atoms with van der Waals surface area (Å²) in [7, 11) is -5.30. The lowest BCUT2D eigenvalue weighted by molar-refractivity contribution is -0.146. The van der Waals surface area contributed by atoms with Gasteiger partial charge in [-0.25, -0.2) is 9.36 Å². The Balaban J connectivity index is 3.24. The summed E-state index contributed by atoms with van der Waals surface area (Å²) in [4.78, 5) is 122. The monoisotopic (exact) mass is 826 g/mol. The predicted octanol–water partition coefficient (Wildman–Crippen LogP) is -3.80. The molecule has 55 heavy (non-hydrogen) atoms. The normalized spacial score (nSPS) is 18.3. The molecule has 0 aliphatic carbocycles. The van der Waals surface area contributed by atoms with Crippen LogP contribution < -0.4 is 38.1 Å². The molecule has 1 saturated heterocycles. The highest BCUT2D eigenvalue weighted by Crippen LogP contribution is 2.38. The van der Waals surface area contributed by atoms with Crippen molar-refractivity contribution in [3.05, 3.63) is 0 Å². The number of nitrogens with one attached hydrogen (secondary N) is 5. The molecular formula is C31H55N8O14PS. The van der Waals surface area contributed by atoms with Gasteiger partial charge < -0.3 is 63.0 Å². The third kappa shape index (κ3) is 16.8. The Morgan fingerprint density at radius 3 is 1.84 bits per heavy atom. The molecule has 0 radical (unpaired) electrons. The van der Waals surface area contributed by atoms with E-state index in [1.54, 1.807) is 13.8 Å². The highest BCUT2D eigenvalue weighted by molar-refractivity contribution is 7.80. The van der Waals surface area contributed by atoms with E-state index in [2.05, 4.69) is 43.7 Å². The van der Waals surface area contributed by atoms with Gasteiger partial charge in [0.2, 0.25) is 41.4 Å². The van der Waals surface area contributed by atoms with Gasteiger partial charge in [0.15, 0.2) is 0 Å². The van der Waals surface area contributed by atoms with E-state index in [0.29, 0.717) is 6.42 Å². The quantitative estimate of drug-likeness (QED) is 0.0347. The standard InChI is InChI=1S/C31H55N8O14PS/c1-14(2)9-17(32)25(42)34-18(10-15(3)4)26(43)37-21(13-55)28(45)36-20(12-40)27(44)38-24(16(5)53-54(50,51)52)30(47)39-8-6-7-22(39)29(46)35-19(31(48)49)11-23(33)41/h14-22,24,40,55H,6-13,32H2,1-5H3,(H2,33,41)(H,34,42)(H,35,46)(H,36,45)(H,37,43)(H,38,44)(H,48,49)(H2,50,51,52)/t16-,17+,18+,19+,20+,21+,22+,24+/m1/s1. The fraction of sp³-hybridized carbons (Fsp3) is 0.742. The molecule has 0 aromatic heterocycles. The molecule has 1 rings (SSSR count). The molecule has 8 atom stereocenters. The molecule has 1 fully saturated rings. The van der Waals surface area contributed by atoms with Gasteiger partial charge in [-0.05, 0) is 44.4 Å². The van der Waals surface area contributed by atoms with Crippen LogP contribution in [0, 0.1) is 11.8 Å². The van der Waals surface area contributed by atoms with Crippen LogP contribution in [-0.4, -0.2) is 140 Å². The molecule has 0 aromatic rings. The van der Waals surface area contributed by atoms with Crippen LogP contribution in [0.5, 0.6) is 0 Å². The largest absolute Gasteiger partial charge is 0.480 e. The number of carbonyl (C=O) groups is 8. The van der Waals surface area contributed by atoms with E-state index in [9.17, 15) is 62.9 Å². The van der Waals surface area contributed by atoms with Gasteiger partial charge in [-0.15, -0.1) is 0 Å². The summed E-state index contributed by atoms with van der Waals surface area (Å²) >= 11 is 4.11. The second-order valence-electron chi connectivity index (χ2n) is 14.0. The minimum atomic E-state index is -5.30. The molecule has 1 aliphatic rings. The number of carboxylic acid groups (broad SMARTS) is 1. The number of aliphatic hydroxyl groups excluding tert-OH is 1. The molecule has 0 bridgehead atoms. The first kappa shape index (κ1) is 49.2. The topological polar surface area (TPSA) is 359 Å². The Morgan fingerprint density at radius 2 is 1.35 bits per heavy atom. The zero-order chi connectivity index (χ0) is 42.4. The maximum atomic E-state index is 13.8. The number of aliphatic carboxylic acids is 1. The number of hydrogen-bond acceptors (Lipinski definition) is 13. The van der Waals surface area contributed by atoms with Gasteiger partial charge >= 0.3 is 13.8 Å². The van der Waals surface area contributed by atoms with Gasteiger partial charge in [-0.1, -0.05) is 27.7 Å². The summed E-state index contributed by atoms with van der Waals surface area (Å²) in [6.07, 6.45) is -1.83. The Labute approximate surface area is 323 Å². The second kappa shape index (κ2) is 22.6. The molecular weight excluding hydrogens is 771 g/mol. The average Bonchev–Trinajstić information content (AvgIpc) is 3.56. The number of carboxylic acids is 1. The minimum Gasteiger partial charge on any atom is -0.480 e. The first-order valence-corrected chi connectivity index (χ1v) is 19.6. The number of nitrogens with zero attached hydrogens (tertiary/aromatic N) is 1. The summed E-state index contributed by atoms with van der Waals surface area (Å²) in [5, 5.41) is 31.0. The smallest absolute Gasteiger partial charge is 0.469 e. The maximum Gasteiger partial charge on any atom is 0.469 e. The van der Waals surface area contributed by atoms with Crippen LogP contribution >= 0.6 is 20.5 Å². The first-order valence-electron chi connectivity index (χ1n) is 17.5. The lowest BCUT2D eigenvalue weighted by Crippen LogP contribution is -2.62. The molecule has 0 aromatic carbocycles. The molecule has 314 valence electrons.